The van der Waals surface area contributed by atoms with Crippen molar-refractivity contribution in [1.29, 1.82) is 0 Å². The molecule has 1 amide bonds. The maximum Gasteiger partial charge on any atom is 0.222 e. The molecule has 0 saturated heterocycles. The number of guanidine groups is 1. The molecule has 19 heavy (non-hydrogen) atoms. The number of hydrogen-bond donors (Lipinski definition) is 4. The number of nitrogens with two attached hydrogens (primary N) is 1. The highest BCUT2D eigenvalue weighted by molar-refractivity contribution is 5.93. The van der Waals surface area contributed by atoms with E-state index in [1.807, 2.05) is 30.3 Å². The number of para-hydroxylation sites is 1. The fourth-order valence-corrected chi connectivity index (χ4v) is 1.58. The largest absolute Gasteiger partial charge is 0.353 e. The number of rotatable bonds is 5. The Hall–Kier alpha value is -2.08. The van der Waals surface area contributed by atoms with Crippen LogP contribution in [0.4, 0.5) is 5.69 Å². The standard InChI is InChI=1S/C13H19N5O/c14-18-13(17-10-4-2-1-3-5-10)15-9-8-12(19)16-11-6-7-11/h1-5,11H,6-9,14H2,(H,16,19)(H2,15,17,18). The van der Waals surface area contributed by atoms with E-state index in [0.29, 0.717) is 25.0 Å². The molecule has 6 heteroatoms. The van der Waals surface area contributed by atoms with Crippen LogP contribution in [-0.2, 0) is 4.79 Å². The van der Waals surface area contributed by atoms with Gasteiger partial charge in [-0.2, -0.15) is 0 Å². The number of nitrogens with zero attached hydrogens (tertiary/aromatic N) is 1. The molecule has 5 N–H and O–H groups in total. The highest BCUT2D eigenvalue weighted by Crippen LogP contribution is 2.18. The van der Waals surface area contributed by atoms with Crippen LogP contribution in [0.2, 0.25) is 0 Å². The number of carbonyl (C=O) groups is 1. The van der Waals surface area contributed by atoms with E-state index in [9.17, 15) is 4.79 Å². The minimum Gasteiger partial charge on any atom is -0.353 e. The van der Waals surface area contributed by atoms with Crippen LogP contribution >= 0.6 is 0 Å². The van der Waals surface area contributed by atoms with Gasteiger partial charge in [0.05, 0.1) is 6.54 Å². The fourth-order valence-electron chi connectivity index (χ4n) is 1.58. The van der Waals surface area contributed by atoms with Gasteiger partial charge in [-0.15, -0.1) is 0 Å². The van der Waals surface area contributed by atoms with Gasteiger partial charge in [0.1, 0.15) is 0 Å². The molecule has 0 unspecified atom stereocenters. The van der Waals surface area contributed by atoms with E-state index in [2.05, 4.69) is 21.1 Å². The molecule has 0 radical (unpaired) electrons. The molecular weight excluding hydrogens is 242 g/mol. The molecule has 102 valence electrons. The summed E-state index contributed by atoms with van der Waals surface area (Å²) in [5.41, 5.74) is 3.37. The van der Waals surface area contributed by atoms with Gasteiger partial charge in [-0.1, -0.05) is 18.2 Å². The third-order valence-corrected chi connectivity index (χ3v) is 2.72. The van der Waals surface area contributed by atoms with Crippen LogP contribution in [0.25, 0.3) is 0 Å². The van der Waals surface area contributed by atoms with Crippen molar-refractivity contribution in [2.24, 2.45) is 10.8 Å². The maximum atomic E-state index is 11.5. The number of nitrogens with one attached hydrogen (secondary N) is 3. The number of benzene rings is 1. The smallest absolute Gasteiger partial charge is 0.222 e. The normalized spacial score (nSPS) is 14.9. The molecule has 0 heterocycles. The Bertz CT molecular complexity index is 442. The third kappa shape index (κ3) is 4.97. The van der Waals surface area contributed by atoms with E-state index in [0.717, 1.165) is 18.5 Å². The number of hydrogen-bond acceptors (Lipinski definition) is 3. The second-order valence-corrected chi connectivity index (χ2v) is 4.46. The van der Waals surface area contributed by atoms with Crippen LogP contribution < -0.4 is 21.9 Å². The van der Waals surface area contributed by atoms with Crippen molar-refractivity contribution in [1.82, 2.24) is 10.7 Å². The zero-order valence-electron chi connectivity index (χ0n) is 10.7. The number of anilines is 1. The number of carbonyl (C=O) groups excluding carboxylic acids is 1. The summed E-state index contributed by atoms with van der Waals surface area (Å²) in [4.78, 5) is 15.7. The average Bonchev–Trinajstić information content (AvgIpc) is 3.22. The van der Waals surface area contributed by atoms with Crippen molar-refractivity contribution >= 4 is 17.6 Å². The first-order valence-corrected chi connectivity index (χ1v) is 6.40. The summed E-state index contributed by atoms with van der Waals surface area (Å²) in [6, 6.07) is 9.98. The summed E-state index contributed by atoms with van der Waals surface area (Å²) in [6.07, 6.45) is 2.57. The number of hydrazine groups is 1. The summed E-state index contributed by atoms with van der Waals surface area (Å²) >= 11 is 0. The summed E-state index contributed by atoms with van der Waals surface area (Å²) in [5, 5.41) is 5.95. The summed E-state index contributed by atoms with van der Waals surface area (Å²) in [7, 11) is 0. The fraction of sp³-hybridized carbons (Fsp3) is 0.385. The Morgan fingerprint density at radius 1 is 1.32 bits per heavy atom. The van der Waals surface area contributed by atoms with E-state index in [-0.39, 0.29) is 5.91 Å². The van der Waals surface area contributed by atoms with E-state index >= 15 is 0 Å². The minimum atomic E-state index is 0.0438. The maximum absolute atomic E-state index is 11.5. The zero-order valence-corrected chi connectivity index (χ0v) is 10.7. The van der Waals surface area contributed by atoms with Crippen molar-refractivity contribution in [2.45, 2.75) is 25.3 Å². The molecule has 2 rings (SSSR count). The van der Waals surface area contributed by atoms with Gasteiger partial charge < -0.3 is 10.6 Å². The Morgan fingerprint density at radius 3 is 2.68 bits per heavy atom. The Balaban J connectivity index is 1.76. The van der Waals surface area contributed by atoms with Gasteiger partial charge in [0.15, 0.2) is 0 Å². The van der Waals surface area contributed by atoms with Gasteiger partial charge in [-0.25, -0.2) is 5.84 Å². The lowest BCUT2D eigenvalue weighted by molar-refractivity contribution is -0.121. The molecule has 0 bridgehead atoms. The van der Waals surface area contributed by atoms with E-state index in [1.54, 1.807) is 0 Å². The van der Waals surface area contributed by atoms with Gasteiger partial charge in [-0.05, 0) is 25.0 Å². The number of amides is 1. The first kappa shape index (κ1) is 13.4. The molecule has 0 spiro atoms. The van der Waals surface area contributed by atoms with Crippen molar-refractivity contribution in [3.8, 4) is 0 Å². The molecule has 1 aliphatic rings. The van der Waals surface area contributed by atoms with Gasteiger partial charge in [-0.3, -0.25) is 15.2 Å². The first-order chi connectivity index (χ1) is 9.28. The second kappa shape index (κ2) is 6.75. The lowest BCUT2D eigenvalue weighted by Gasteiger charge is -2.08. The molecular formula is C13H19N5O. The summed E-state index contributed by atoms with van der Waals surface area (Å²) in [5.74, 6) is 5.88. The highest BCUT2D eigenvalue weighted by Gasteiger charge is 2.22. The lowest BCUT2D eigenvalue weighted by atomic mass is 10.3. The van der Waals surface area contributed by atoms with Crippen LogP contribution in [0, 0.1) is 0 Å². The molecule has 0 aliphatic heterocycles. The monoisotopic (exact) mass is 261 g/mol. The molecule has 1 saturated carbocycles. The SMILES string of the molecule is NNC(=NCCC(=O)NC1CC1)Nc1ccccc1. The van der Waals surface area contributed by atoms with E-state index in [1.165, 1.54) is 0 Å². The van der Waals surface area contributed by atoms with Crippen molar-refractivity contribution in [3.05, 3.63) is 30.3 Å². The third-order valence-electron chi connectivity index (χ3n) is 2.72. The molecule has 0 aromatic heterocycles. The van der Waals surface area contributed by atoms with Gasteiger partial charge >= 0.3 is 0 Å². The van der Waals surface area contributed by atoms with Crippen molar-refractivity contribution in [2.75, 3.05) is 11.9 Å². The minimum absolute atomic E-state index is 0.0438. The molecule has 1 fully saturated rings. The lowest BCUT2D eigenvalue weighted by Crippen LogP contribution is -2.36. The van der Waals surface area contributed by atoms with E-state index in [4.69, 9.17) is 5.84 Å². The topological polar surface area (TPSA) is 91.5 Å². The second-order valence-electron chi connectivity index (χ2n) is 4.46. The molecule has 1 aromatic rings. The highest BCUT2D eigenvalue weighted by atomic mass is 16.1. The van der Waals surface area contributed by atoms with Crippen LogP contribution in [-0.4, -0.2) is 24.5 Å². The van der Waals surface area contributed by atoms with Gasteiger partial charge in [0, 0.05) is 18.2 Å². The van der Waals surface area contributed by atoms with Crippen LogP contribution in [0.15, 0.2) is 35.3 Å². The average molecular weight is 261 g/mol. The van der Waals surface area contributed by atoms with Crippen LogP contribution in [0.1, 0.15) is 19.3 Å². The Morgan fingerprint density at radius 2 is 2.05 bits per heavy atom. The molecule has 1 aromatic carbocycles. The summed E-state index contributed by atoms with van der Waals surface area (Å²) in [6.45, 7) is 0.401. The quantitative estimate of drug-likeness (QED) is 0.270. The van der Waals surface area contributed by atoms with Crippen molar-refractivity contribution < 1.29 is 4.79 Å². The molecule has 0 atom stereocenters. The predicted octanol–water partition coefficient (Wildman–Crippen LogP) is 0.587. The molecule has 1 aliphatic carbocycles. The van der Waals surface area contributed by atoms with Gasteiger partial charge in [0.25, 0.3) is 0 Å². The molecule has 6 nitrogen and oxygen atoms in total. The van der Waals surface area contributed by atoms with E-state index < -0.39 is 0 Å². The predicted molar refractivity (Wildman–Crippen MR) is 75.5 cm³/mol. The zero-order chi connectivity index (χ0) is 13.5. The Labute approximate surface area is 112 Å². The Kier molecular flexibility index (Phi) is 4.74. The van der Waals surface area contributed by atoms with Crippen molar-refractivity contribution in [3.63, 3.8) is 0 Å². The van der Waals surface area contributed by atoms with Crippen LogP contribution in [0.3, 0.4) is 0 Å². The number of aliphatic imine (C=N–C) groups is 1. The summed E-state index contributed by atoms with van der Waals surface area (Å²) < 4.78 is 0. The first-order valence-electron chi connectivity index (χ1n) is 6.40. The van der Waals surface area contributed by atoms with Crippen LogP contribution in [0.5, 0.6) is 0 Å². The van der Waals surface area contributed by atoms with Gasteiger partial charge in [0.2, 0.25) is 11.9 Å².